The normalized spacial score (nSPS) is 13.9. The molecule has 1 fully saturated rings. The van der Waals surface area contributed by atoms with Crippen molar-refractivity contribution in [3.63, 3.8) is 0 Å². The number of carboxylic acids is 1. The van der Waals surface area contributed by atoms with Crippen molar-refractivity contribution in [2.45, 2.75) is 32.7 Å². The average molecular weight is 465 g/mol. The summed E-state index contributed by atoms with van der Waals surface area (Å²) in [5.74, 6) is -1.49. The van der Waals surface area contributed by atoms with Crippen LogP contribution in [0.1, 0.15) is 42.2 Å². The maximum atomic E-state index is 13.8. The van der Waals surface area contributed by atoms with Crippen molar-refractivity contribution < 1.29 is 23.8 Å². The molecule has 1 saturated heterocycles. The zero-order valence-electron chi connectivity index (χ0n) is 19.5. The lowest BCUT2D eigenvalue weighted by molar-refractivity contribution is -0.135. The van der Waals surface area contributed by atoms with E-state index in [4.69, 9.17) is 4.74 Å². The maximum Gasteiger partial charge on any atom is 0.338 e. The van der Waals surface area contributed by atoms with E-state index in [0.29, 0.717) is 55.4 Å². The van der Waals surface area contributed by atoms with Gasteiger partial charge in [0, 0.05) is 37.3 Å². The van der Waals surface area contributed by atoms with Crippen LogP contribution in [0.5, 0.6) is 0 Å². The molecule has 178 valence electrons. The second-order valence-corrected chi connectivity index (χ2v) is 8.71. The summed E-state index contributed by atoms with van der Waals surface area (Å²) >= 11 is 0. The molecule has 1 N–H and O–H groups in total. The van der Waals surface area contributed by atoms with Gasteiger partial charge < -0.3 is 19.3 Å². The number of amides is 1. The van der Waals surface area contributed by atoms with E-state index in [1.54, 1.807) is 17.0 Å². The molecule has 1 aliphatic rings. The summed E-state index contributed by atoms with van der Waals surface area (Å²) in [7, 11) is 0. The Morgan fingerprint density at radius 3 is 2.24 bits per heavy atom. The summed E-state index contributed by atoms with van der Waals surface area (Å²) in [6.07, 6.45) is 0.232. The van der Waals surface area contributed by atoms with Crippen molar-refractivity contribution in [2.75, 3.05) is 26.3 Å². The number of hydrogen-bond acceptors (Lipinski definition) is 3. The smallest absolute Gasteiger partial charge is 0.338 e. The van der Waals surface area contributed by atoms with Gasteiger partial charge in [0.25, 0.3) is 0 Å². The van der Waals surface area contributed by atoms with Gasteiger partial charge in [0.2, 0.25) is 5.91 Å². The van der Waals surface area contributed by atoms with Crippen LogP contribution < -0.4 is 0 Å². The Bertz CT molecular complexity index is 1160. The molecule has 0 radical (unpaired) electrons. The van der Waals surface area contributed by atoms with Crippen molar-refractivity contribution in [3.05, 3.63) is 71.7 Å². The first-order valence-electron chi connectivity index (χ1n) is 11.5. The predicted molar refractivity (Wildman–Crippen MR) is 128 cm³/mol. The Labute approximate surface area is 198 Å². The van der Waals surface area contributed by atoms with Crippen LogP contribution in [-0.2, 0) is 16.1 Å². The molecular weight excluding hydrogens is 435 g/mol. The molecule has 0 spiro atoms. The number of carbonyl (C=O) groups excluding carboxylic acids is 1. The van der Waals surface area contributed by atoms with E-state index < -0.39 is 5.97 Å². The van der Waals surface area contributed by atoms with E-state index in [2.05, 4.69) is 0 Å². The average Bonchev–Trinajstić information content (AvgIpc) is 3.20. The predicted octanol–water partition coefficient (Wildman–Crippen LogP) is 5.03. The first kappa shape index (κ1) is 23.7. The fourth-order valence-corrected chi connectivity index (χ4v) is 4.66. The minimum Gasteiger partial charge on any atom is -0.478 e. The molecule has 3 aromatic rings. The molecule has 4 rings (SSSR count). The highest BCUT2D eigenvalue weighted by atomic mass is 19.1. The molecule has 0 bridgehead atoms. The number of morpholine rings is 1. The maximum absolute atomic E-state index is 13.8. The van der Waals surface area contributed by atoms with Gasteiger partial charge >= 0.3 is 5.97 Å². The van der Waals surface area contributed by atoms with Gasteiger partial charge in [-0.3, -0.25) is 4.79 Å². The number of aromatic carboxylic acids is 1. The van der Waals surface area contributed by atoms with E-state index in [-0.39, 0.29) is 29.6 Å². The van der Waals surface area contributed by atoms with Gasteiger partial charge in [0.1, 0.15) is 5.82 Å². The quantitative estimate of drug-likeness (QED) is 0.532. The second-order valence-electron chi connectivity index (χ2n) is 8.71. The standard InChI is InChI=1S/C27H29FN2O4/c1-18(2)25-24(27(32)33)23(19-6-4-3-5-7-19)26(20-8-10-21(28)11-9-20)30(25)13-12-22(31)29-14-16-34-17-15-29/h3-11,18H,12-17H2,1-2H3,(H,32,33). The van der Waals surface area contributed by atoms with E-state index in [9.17, 15) is 19.1 Å². The summed E-state index contributed by atoms with van der Waals surface area (Å²) in [6.45, 7) is 6.38. The van der Waals surface area contributed by atoms with Gasteiger partial charge in [-0.05, 0) is 41.3 Å². The van der Waals surface area contributed by atoms with E-state index in [0.717, 1.165) is 5.56 Å². The van der Waals surface area contributed by atoms with Crippen LogP contribution in [-0.4, -0.2) is 52.8 Å². The summed E-state index contributed by atoms with van der Waals surface area (Å²) in [4.78, 5) is 27.3. The van der Waals surface area contributed by atoms with Crippen molar-refractivity contribution in [1.29, 1.82) is 0 Å². The molecule has 6 nitrogen and oxygen atoms in total. The number of rotatable bonds is 7. The van der Waals surface area contributed by atoms with E-state index in [1.165, 1.54) is 12.1 Å². The molecule has 0 saturated carbocycles. The molecule has 1 aliphatic heterocycles. The van der Waals surface area contributed by atoms with Crippen molar-refractivity contribution >= 4 is 11.9 Å². The third-order valence-electron chi connectivity index (χ3n) is 6.16. The first-order chi connectivity index (χ1) is 16.4. The topological polar surface area (TPSA) is 71.8 Å². The van der Waals surface area contributed by atoms with E-state index >= 15 is 0 Å². The minimum atomic E-state index is -1.02. The number of halogens is 1. The Hall–Kier alpha value is -3.45. The Morgan fingerprint density at radius 2 is 1.65 bits per heavy atom. The number of benzene rings is 2. The SMILES string of the molecule is CC(C)c1c(C(=O)O)c(-c2ccccc2)c(-c2ccc(F)cc2)n1CCC(=O)N1CCOCC1. The summed E-state index contributed by atoms with van der Waals surface area (Å²) < 4.78 is 21.1. The van der Waals surface area contributed by atoms with Gasteiger partial charge in [-0.1, -0.05) is 44.2 Å². The molecule has 2 aromatic carbocycles. The van der Waals surface area contributed by atoms with Crippen LogP contribution in [0.3, 0.4) is 0 Å². The molecule has 7 heteroatoms. The number of carboxylic acid groups (broad SMARTS) is 1. The van der Waals surface area contributed by atoms with Gasteiger partial charge in [-0.15, -0.1) is 0 Å². The first-order valence-corrected chi connectivity index (χ1v) is 11.5. The summed E-state index contributed by atoms with van der Waals surface area (Å²) in [6, 6.07) is 15.4. The molecule has 1 aromatic heterocycles. The Kier molecular flexibility index (Phi) is 7.12. The number of ether oxygens (including phenoxy) is 1. The zero-order chi connectivity index (χ0) is 24.2. The monoisotopic (exact) mass is 464 g/mol. The largest absolute Gasteiger partial charge is 0.478 e. The van der Waals surface area contributed by atoms with Gasteiger partial charge in [-0.2, -0.15) is 0 Å². The highest BCUT2D eigenvalue weighted by Crippen LogP contribution is 2.42. The zero-order valence-corrected chi connectivity index (χ0v) is 19.5. The van der Waals surface area contributed by atoms with Crippen molar-refractivity contribution in [3.8, 4) is 22.4 Å². The van der Waals surface area contributed by atoms with Crippen molar-refractivity contribution in [2.24, 2.45) is 0 Å². The lowest BCUT2D eigenvalue weighted by Gasteiger charge is -2.27. The third-order valence-corrected chi connectivity index (χ3v) is 6.16. The molecule has 0 atom stereocenters. The lowest BCUT2D eigenvalue weighted by atomic mass is 9.95. The van der Waals surface area contributed by atoms with Gasteiger partial charge in [-0.25, -0.2) is 9.18 Å². The number of aromatic nitrogens is 1. The lowest BCUT2D eigenvalue weighted by Crippen LogP contribution is -2.41. The van der Waals surface area contributed by atoms with Crippen LogP contribution in [0.15, 0.2) is 54.6 Å². The van der Waals surface area contributed by atoms with Crippen LogP contribution in [0.2, 0.25) is 0 Å². The van der Waals surface area contributed by atoms with E-state index in [1.807, 2.05) is 48.7 Å². The minimum absolute atomic E-state index is 0.00917. The molecule has 0 unspecified atom stereocenters. The van der Waals surface area contributed by atoms with Gasteiger partial charge in [0.05, 0.1) is 24.5 Å². The number of hydrogen-bond donors (Lipinski definition) is 1. The Balaban J connectivity index is 1.89. The van der Waals surface area contributed by atoms with Crippen LogP contribution >= 0.6 is 0 Å². The Morgan fingerprint density at radius 1 is 1.00 bits per heavy atom. The molecule has 2 heterocycles. The third kappa shape index (κ3) is 4.75. The molecule has 1 amide bonds. The molecule has 34 heavy (non-hydrogen) atoms. The van der Waals surface area contributed by atoms with Crippen molar-refractivity contribution in [1.82, 2.24) is 9.47 Å². The van der Waals surface area contributed by atoms with Crippen LogP contribution in [0.4, 0.5) is 4.39 Å². The highest BCUT2D eigenvalue weighted by Gasteiger charge is 2.30. The van der Waals surface area contributed by atoms with Crippen LogP contribution in [0, 0.1) is 5.82 Å². The van der Waals surface area contributed by atoms with Crippen LogP contribution in [0.25, 0.3) is 22.4 Å². The summed E-state index contributed by atoms with van der Waals surface area (Å²) in [5.41, 5.74) is 3.61. The summed E-state index contributed by atoms with van der Waals surface area (Å²) in [5, 5.41) is 10.3. The second kappa shape index (κ2) is 10.2. The highest BCUT2D eigenvalue weighted by molar-refractivity contribution is 6.03. The fourth-order valence-electron chi connectivity index (χ4n) is 4.66. The van der Waals surface area contributed by atoms with Gasteiger partial charge in [0.15, 0.2) is 0 Å². The molecular formula is C27H29FN2O4. The fraction of sp³-hybridized carbons (Fsp3) is 0.333. The molecule has 0 aliphatic carbocycles. The number of nitrogens with zero attached hydrogens (tertiary/aromatic N) is 2. The number of carbonyl (C=O) groups is 2.